The Hall–Kier alpha value is -1.55. The highest BCUT2D eigenvalue weighted by atomic mass is 35.5. The van der Waals surface area contributed by atoms with Crippen molar-refractivity contribution in [1.29, 1.82) is 0 Å². The number of hydrogen-bond donors (Lipinski definition) is 1. The minimum Gasteiger partial charge on any atom is -0.495 e. The fourth-order valence-electron chi connectivity index (χ4n) is 3.98. The molecule has 2 rings (SSSR count). The lowest BCUT2D eigenvalue weighted by Gasteiger charge is -2.27. The summed E-state index contributed by atoms with van der Waals surface area (Å²) in [4.78, 5) is 4.99. The molecule has 0 aliphatic heterocycles. The summed E-state index contributed by atoms with van der Waals surface area (Å²) in [5.74, 6) is 0.465. The van der Waals surface area contributed by atoms with E-state index in [1.54, 1.807) is 18.5 Å². The van der Waals surface area contributed by atoms with Crippen LogP contribution in [0.2, 0.25) is 10.0 Å². The summed E-state index contributed by atoms with van der Waals surface area (Å²) < 4.78 is 38.4. The van der Waals surface area contributed by atoms with Gasteiger partial charge in [0.2, 0.25) is 0 Å². The third-order valence-electron chi connectivity index (χ3n) is 6.91. The predicted octanol–water partition coefficient (Wildman–Crippen LogP) is 8.13. The summed E-state index contributed by atoms with van der Waals surface area (Å²) in [6.07, 6.45) is 3.27. The van der Waals surface area contributed by atoms with Crippen LogP contribution in [-0.4, -0.2) is 60.4 Å². The number of ether oxygens (including phenoxy) is 1. The van der Waals surface area contributed by atoms with Gasteiger partial charge in [-0.05, 0) is 61.0 Å². The molecule has 0 aromatic heterocycles. The van der Waals surface area contributed by atoms with Crippen molar-refractivity contribution >= 4 is 55.1 Å². The van der Waals surface area contributed by atoms with Gasteiger partial charge >= 0.3 is 0 Å². The molecule has 2 aromatic carbocycles. The number of thioether (sulfide) groups is 1. The molecule has 2 aromatic rings. The monoisotopic (exact) mass is 644 g/mol. The molecular formula is C31H45Cl2FN3O2S2+. The highest BCUT2D eigenvalue weighted by Gasteiger charge is 2.24. The number of nitrogens with one attached hydrogen (secondary N) is 1. The minimum absolute atomic E-state index is 0.259. The van der Waals surface area contributed by atoms with Crippen LogP contribution in [0.25, 0.3) is 0 Å². The number of hydrogen-bond acceptors (Lipinski definition) is 4. The largest absolute Gasteiger partial charge is 0.495 e. The SMILES string of the molecule is CCC=S(=O)(NCCC[N+](C)(C)C)c1cc(F)c(CSC(C)=N/C=C(\C)C(C)(C)c2ccc(Cl)c(OC)c2)c(Cl)c1. The minimum atomic E-state index is -2.75. The molecule has 41 heavy (non-hydrogen) atoms. The van der Waals surface area contributed by atoms with Crippen LogP contribution in [0.3, 0.4) is 0 Å². The molecule has 0 saturated carbocycles. The molecule has 1 N–H and O–H groups in total. The van der Waals surface area contributed by atoms with Crippen molar-refractivity contribution in [3.63, 3.8) is 0 Å². The average Bonchev–Trinajstić information content (AvgIpc) is 2.88. The van der Waals surface area contributed by atoms with Gasteiger partial charge in [-0.15, -0.1) is 11.8 Å². The Kier molecular flexibility index (Phi) is 13.3. The van der Waals surface area contributed by atoms with E-state index in [0.717, 1.165) is 33.6 Å². The van der Waals surface area contributed by atoms with Crippen LogP contribution in [0.4, 0.5) is 4.39 Å². The normalized spacial score (nSPS) is 14.6. The molecule has 0 amide bonds. The summed E-state index contributed by atoms with van der Waals surface area (Å²) in [5, 5.41) is 3.31. The van der Waals surface area contributed by atoms with Gasteiger partial charge in [0.15, 0.2) is 0 Å². The summed E-state index contributed by atoms with van der Waals surface area (Å²) in [6, 6.07) is 8.74. The summed E-state index contributed by atoms with van der Waals surface area (Å²) in [7, 11) is 5.20. The summed E-state index contributed by atoms with van der Waals surface area (Å²) in [6.45, 7) is 11.6. The van der Waals surface area contributed by atoms with Crippen LogP contribution >= 0.6 is 35.0 Å². The van der Waals surface area contributed by atoms with E-state index in [9.17, 15) is 4.21 Å². The van der Waals surface area contributed by atoms with Crippen LogP contribution in [-0.2, 0) is 20.9 Å². The van der Waals surface area contributed by atoms with Crippen molar-refractivity contribution in [1.82, 2.24) is 4.72 Å². The van der Waals surface area contributed by atoms with Gasteiger partial charge in [-0.2, -0.15) is 0 Å². The van der Waals surface area contributed by atoms with Crippen LogP contribution in [0.5, 0.6) is 5.75 Å². The van der Waals surface area contributed by atoms with Gasteiger partial charge < -0.3 is 9.22 Å². The van der Waals surface area contributed by atoms with Crippen LogP contribution < -0.4 is 9.46 Å². The van der Waals surface area contributed by atoms with E-state index in [4.69, 9.17) is 27.9 Å². The fraction of sp³-hybridized carbons (Fsp3) is 0.484. The summed E-state index contributed by atoms with van der Waals surface area (Å²) in [5.41, 5.74) is 2.17. The zero-order chi connectivity index (χ0) is 31.0. The average molecular weight is 646 g/mol. The zero-order valence-electron chi connectivity index (χ0n) is 25.7. The van der Waals surface area contributed by atoms with Crippen molar-refractivity contribution in [2.75, 3.05) is 41.3 Å². The lowest BCUT2D eigenvalue weighted by atomic mass is 9.78. The molecule has 1 atom stereocenters. The molecule has 0 saturated heterocycles. The Morgan fingerprint density at radius 2 is 1.85 bits per heavy atom. The van der Waals surface area contributed by atoms with E-state index in [2.05, 4.69) is 44.7 Å². The van der Waals surface area contributed by atoms with E-state index in [1.807, 2.05) is 45.2 Å². The van der Waals surface area contributed by atoms with Gasteiger partial charge in [0.05, 0.1) is 54.6 Å². The molecule has 0 aliphatic rings. The molecule has 0 radical (unpaired) electrons. The maximum Gasteiger partial charge on any atom is 0.137 e. The number of nitrogens with zero attached hydrogens (tertiary/aromatic N) is 2. The Bertz CT molecular complexity index is 1370. The highest BCUT2D eigenvalue weighted by molar-refractivity contribution is 8.13. The molecule has 228 valence electrons. The smallest absolute Gasteiger partial charge is 0.137 e. The molecule has 0 heterocycles. The zero-order valence-corrected chi connectivity index (χ0v) is 28.9. The molecule has 0 aliphatic carbocycles. The molecule has 10 heteroatoms. The molecule has 5 nitrogen and oxygen atoms in total. The molecule has 0 fully saturated rings. The van der Waals surface area contributed by atoms with Gasteiger partial charge in [-0.3, -0.25) is 4.99 Å². The maximum atomic E-state index is 15.3. The molecule has 0 spiro atoms. The first-order valence-corrected chi connectivity index (χ1v) is 17.0. The first kappa shape index (κ1) is 35.6. The van der Waals surface area contributed by atoms with Gasteiger partial charge in [0.25, 0.3) is 0 Å². The molecule has 1 unspecified atom stereocenters. The van der Waals surface area contributed by atoms with Gasteiger partial charge in [-0.1, -0.05) is 50.0 Å². The van der Waals surface area contributed by atoms with E-state index < -0.39 is 15.5 Å². The number of halogens is 3. The second-order valence-electron chi connectivity index (χ2n) is 11.5. The quantitative estimate of drug-likeness (QED) is 0.0787. The van der Waals surface area contributed by atoms with Crippen molar-refractivity contribution in [3.05, 3.63) is 69.1 Å². The van der Waals surface area contributed by atoms with Crippen LogP contribution in [0, 0.1) is 5.82 Å². The Morgan fingerprint density at radius 1 is 1.17 bits per heavy atom. The number of benzene rings is 2. The fourth-order valence-corrected chi connectivity index (χ4v) is 7.33. The Morgan fingerprint density at radius 3 is 2.44 bits per heavy atom. The number of quaternary nitrogens is 1. The first-order valence-electron chi connectivity index (χ1n) is 13.6. The standard InChI is InChI=1S/C31H45Cl2FN3O2S2/c1-10-16-41(38,36-14-11-15-37(6,7)8)25-18-28(33)26(29(34)19-25)21-40-23(3)35-20-22(2)31(4,5)24-12-13-27(32)30(17-24)39-9/h12-13,16-20H,10-11,14-15,21H2,1-9H3,(H,36,38)/q+1/b22-20+,35-23?. The van der Waals surface area contributed by atoms with E-state index in [-0.39, 0.29) is 10.4 Å². The van der Waals surface area contributed by atoms with Crippen LogP contribution in [0.15, 0.2) is 52.0 Å². The lowest BCUT2D eigenvalue weighted by molar-refractivity contribution is -0.870. The lowest BCUT2D eigenvalue weighted by Crippen LogP contribution is -2.37. The van der Waals surface area contributed by atoms with Crippen molar-refractivity contribution in [2.45, 2.75) is 63.5 Å². The third-order valence-corrected chi connectivity index (χ3v) is 10.9. The van der Waals surface area contributed by atoms with Crippen LogP contribution in [0.1, 0.15) is 58.6 Å². The first-order chi connectivity index (χ1) is 19.0. The van der Waals surface area contributed by atoms with Gasteiger partial charge in [0.1, 0.15) is 11.6 Å². The predicted molar refractivity (Wildman–Crippen MR) is 179 cm³/mol. The number of rotatable bonds is 13. The van der Waals surface area contributed by atoms with E-state index in [0.29, 0.717) is 39.9 Å². The topological polar surface area (TPSA) is 50.7 Å². The van der Waals surface area contributed by atoms with Crippen molar-refractivity contribution in [3.8, 4) is 5.75 Å². The summed E-state index contributed by atoms with van der Waals surface area (Å²) >= 11 is 14.1. The third kappa shape index (κ3) is 10.3. The second kappa shape index (κ2) is 15.3. The van der Waals surface area contributed by atoms with E-state index >= 15 is 4.39 Å². The Balaban J connectivity index is 2.17. The number of methoxy groups -OCH3 is 1. The van der Waals surface area contributed by atoms with Crippen molar-refractivity contribution in [2.24, 2.45) is 4.99 Å². The molecular weight excluding hydrogens is 600 g/mol. The van der Waals surface area contributed by atoms with E-state index in [1.165, 1.54) is 17.8 Å². The van der Waals surface area contributed by atoms with Crippen molar-refractivity contribution < 1.29 is 17.8 Å². The van der Waals surface area contributed by atoms with Gasteiger partial charge in [0, 0.05) is 45.8 Å². The second-order valence-corrected chi connectivity index (χ2v) is 15.8. The van der Waals surface area contributed by atoms with Gasteiger partial charge in [-0.25, -0.2) is 13.3 Å². The maximum absolute atomic E-state index is 15.3. The highest BCUT2D eigenvalue weighted by Crippen LogP contribution is 2.36. The Labute approximate surface area is 261 Å². The number of aliphatic imine (C=N–C) groups is 1. The number of allylic oxidation sites excluding steroid dienone is 1. The molecule has 0 bridgehead atoms.